The molecule has 1 rings (SSSR count). The van der Waals surface area contributed by atoms with Crippen molar-refractivity contribution in [2.24, 2.45) is 0 Å². The predicted molar refractivity (Wildman–Crippen MR) is 48.0 cm³/mol. The van der Waals surface area contributed by atoms with Crippen molar-refractivity contribution in [1.29, 1.82) is 0 Å². The second-order valence-corrected chi connectivity index (χ2v) is 2.33. The molecule has 0 saturated heterocycles. The first-order chi connectivity index (χ1) is 5.33. The maximum atomic E-state index is 5.42. The highest BCUT2D eigenvalue weighted by molar-refractivity contribution is 5.49. The maximum absolute atomic E-state index is 5.42. The van der Waals surface area contributed by atoms with Crippen LogP contribution in [0.4, 0.5) is 5.82 Å². The molecule has 0 aliphatic carbocycles. The van der Waals surface area contributed by atoms with Crippen molar-refractivity contribution in [3.8, 4) is 0 Å². The number of hydrogen-bond acceptors (Lipinski definition) is 2. The van der Waals surface area contributed by atoms with E-state index in [1.807, 2.05) is 12.1 Å². The molecular formula is C9H12N2. The molecule has 0 fully saturated rings. The number of pyridine rings is 1. The summed E-state index contributed by atoms with van der Waals surface area (Å²) in [6.07, 6.45) is 6.94. The van der Waals surface area contributed by atoms with Gasteiger partial charge in [-0.05, 0) is 24.1 Å². The summed E-state index contributed by atoms with van der Waals surface area (Å²) in [7, 11) is 0. The second-order valence-electron chi connectivity index (χ2n) is 2.33. The number of aromatic nitrogens is 1. The largest absolute Gasteiger partial charge is 0.384 e. The van der Waals surface area contributed by atoms with Gasteiger partial charge in [-0.3, -0.25) is 0 Å². The Morgan fingerprint density at radius 2 is 2.36 bits per heavy atom. The molecule has 1 aromatic rings. The number of nitrogens with zero attached hydrogens (tertiary/aromatic N) is 1. The number of rotatable bonds is 2. The molecule has 2 heteroatoms. The quantitative estimate of drug-likeness (QED) is 0.697. The van der Waals surface area contributed by atoms with Gasteiger partial charge in [0.1, 0.15) is 5.82 Å². The molecule has 0 spiro atoms. The highest BCUT2D eigenvalue weighted by Gasteiger charge is 1.85. The van der Waals surface area contributed by atoms with Gasteiger partial charge in [0.2, 0.25) is 0 Å². The Kier molecular flexibility index (Phi) is 2.66. The predicted octanol–water partition coefficient (Wildman–Crippen LogP) is 2.09. The van der Waals surface area contributed by atoms with Crippen molar-refractivity contribution in [1.82, 2.24) is 4.98 Å². The zero-order valence-electron chi connectivity index (χ0n) is 6.62. The van der Waals surface area contributed by atoms with E-state index in [-0.39, 0.29) is 0 Å². The van der Waals surface area contributed by atoms with Crippen LogP contribution in [0.1, 0.15) is 18.9 Å². The first kappa shape index (κ1) is 7.79. The molecule has 0 aromatic carbocycles. The van der Waals surface area contributed by atoms with Crippen LogP contribution in [-0.4, -0.2) is 4.98 Å². The van der Waals surface area contributed by atoms with Crippen LogP contribution in [0.2, 0.25) is 0 Å². The standard InChI is InChI=1S/C9H12N2/c1-2-3-4-8-5-6-9(10)11-7-8/h3-7H,2H2,1H3,(H2,10,11). The van der Waals surface area contributed by atoms with Crippen molar-refractivity contribution < 1.29 is 0 Å². The minimum Gasteiger partial charge on any atom is -0.384 e. The molecule has 1 aromatic heterocycles. The van der Waals surface area contributed by atoms with Gasteiger partial charge < -0.3 is 5.73 Å². The van der Waals surface area contributed by atoms with Gasteiger partial charge in [-0.2, -0.15) is 0 Å². The molecule has 0 amide bonds. The lowest BCUT2D eigenvalue weighted by molar-refractivity contribution is 1.23. The summed E-state index contributed by atoms with van der Waals surface area (Å²) in [5.74, 6) is 0.568. The van der Waals surface area contributed by atoms with Crippen LogP contribution in [0.3, 0.4) is 0 Å². The van der Waals surface area contributed by atoms with E-state index >= 15 is 0 Å². The Balaban J connectivity index is 2.73. The SMILES string of the molecule is CCC=Cc1ccc(N)nc1. The van der Waals surface area contributed by atoms with Crippen LogP contribution >= 0.6 is 0 Å². The van der Waals surface area contributed by atoms with Gasteiger partial charge >= 0.3 is 0 Å². The van der Waals surface area contributed by atoms with Gasteiger partial charge in [-0.25, -0.2) is 4.98 Å². The lowest BCUT2D eigenvalue weighted by atomic mass is 10.2. The van der Waals surface area contributed by atoms with E-state index in [1.54, 1.807) is 12.3 Å². The minimum atomic E-state index is 0.568. The van der Waals surface area contributed by atoms with E-state index in [0.717, 1.165) is 12.0 Å². The molecule has 2 nitrogen and oxygen atoms in total. The van der Waals surface area contributed by atoms with E-state index < -0.39 is 0 Å². The summed E-state index contributed by atoms with van der Waals surface area (Å²) in [5.41, 5.74) is 6.52. The Bertz CT molecular complexity index is 236. The number of nitrogens with two attached hydrogens (primary N) is 1. The molecule has 0 saturated carbocycles. The Labute approximate surface area is 66.8 Å². The Hall–Kier alpha value is -1.31. The number of anilines is 1. The monoisotopic (exact) mass is 148 g/mol. The molecule has 58 valence electrons. The molecule has 0 aliphatic heterocycles. The number of allylic oxidation sites excluding steroid dienone is 1. The van der Waals surface area contributed by atoms with Gasteiger partial charge in [0.25, 0.3) is 0 Å². The lowest BCUT2D eigenvalue weighted by Gasteiger charge is -1.92. The summed E-state index contributed by atoms with van der Waals surface area (Å²) in [5, 5.41) is 0. The zero-order valence-corrected chi connectivity index (χ0v) is 6.62. The third kappa shape index (κ3) is 2.42. The smallest absolute Gasteiger partial charge is 0.123 e. The molecule has 0 bridgehead atoms. The van der Waals surface area contributed by atoms with Crippen LogP contribution < -0.4 is 5.73 Å². The minimum absolute atomic E-state index is 0.568. The van der Waals surface area contributed by atoms with Crippen molar-refractivity contribution >= 4 is 11.9 Å². The molecular weight excluding hydrogens is 136 g/mol. The molecule has 0 radical (unpaired) electrons. The zero-order chi connectivity index (χ0) is 8.10. The Morgan fingerprint density at radius 1 is 1.55 bits per heavy atom. The number of hydrogen-bond donors (Lipinski definition) is 1. The van der Waals surface area contributed by atoms with Crippen molar-refractivity contribution in [2.75, 3.05) is 5.73 Å². The van der Waals surface area contributed by atoms with Gasteiger partial charge in [-0.15, -0.1) is 0 Å². The summed E-state index contributed by atoms with van der Waals surface area (Å²) >= 11 is 0. The molecule has 0 unspecified atom stereocenters. The number of nitrogen functional groups attached to an aromatic ring is 1. The molecule has 1 heterocycles. The Morgan fingerprint density at radius 3 is 2.91 bits per heavy atom. The highest BCUT2D eigenvalue weighted by atomic mass is 14.8. The fraction of sp³-hybridized carbons (Fsp3) is 0.222. The first-order valence-corrected chi connectivity index (χ1v) is 3.71. The summed E-state index contributed by atoms with van der Waals surface area (Å²) in [6.45, 7) is 2.10. The maximum Gasteiger partial charge on any atom is 0.123 e. The first-order valence-electron chi connectivity index (χ1n) is 3.71. The normalized spacial score (nSPS) is 10.6. The summed E-state index contributed by atoms with van der Waals surface area (Å²) < 4.78 is 0. The van der Waals surface area contributed by atoms with E-state index in [0.29, 0.717) is 5.82 Å². The van der Waals surface area contributed by atoms with Gasteiger partial charge in [0.15, 0.2) is 0 Å². The molecule has 2 N–H and O–H groups in total. The van der Waals surface area contributed by atoms with Gasteiger partial charge in [-0.1, -0.05) is 19.1 Å². The third-order valence-electron chi connectivity index (χ3n) is 1.36. The molecule has 0 aliphatic rings. The topological polar surface area (TPSA) is 38.9 Å². The van der Waals surface area contributed by atoms with Gasteiger partial charge in [0.05, 0.1) is 0 Å². The molecule has 11 heavy (non-hydrogen) atoms. The van der Waals surface area contributed by atoms with Crippen molar-refractivity contribution in [3.05, 3.63) is 30.0 Å². The van der Waals surface area contributed by atoms with Crippen molar-refractivity contribution in [3.63, 3.8) is 0 Å². The van der Waals surface area contributed by atoms with Crippen LogP contribution in [0.25, 0.3) is 6.08 Å². The van der Waals surface area contributed by atoms with E-state index in [4.69, 9.17) is 5.73 Å². The average molecular weight is 148 g/mol. The van der Waals surface area contributed by atoms with Gasteiger partial charge in [0, 0.05) is 6.20 Å². The summed E-state index contributed by atoms with van der Waals surface area (Å²) in [4.78, 5) is 3.96. The fourth-order valence-electron chi connectivity index (χ4n) is 0.769. The van der Waals surface area contributed by atoms with Crippen LogP contribution in [-0.2, 0) is 0 Å². The summed E-state index contributed by atoms with van der Waals surface area (Å²) in [6, 6.07) is 3.75. The van der Waals surface area contributed by atoms with E-state index in [2.05, 4.69) is 18.0 Å². The van der Waals surface area contributed by atoms with Crippen molar-refractivity contribution in [2.45, 2.75) is 13.3 Å². The molecule has 0 atom stereocenters. The fourth-order valence-corrected chi connectivity index (χ4v) is 0.769. The van der Waals surface area contributed by atoms with Crippen LogP contribution in [0, 0.1) is 0 Å². The van der Waals surface area contributed by atoms with Crippen LogP contribution in [0.15, 0.2) is 24.4 Å². The van der Waals surface area contributed by atoms with Crippen LogP contribution in [0.5, 0.6) is 0 Å². The lowest BCUT2D eigenvalue weighted by Crippen LogP contribution is -1.87. The van der Waals surface area contributed by atoms with E-state index in [9.17, 15) is 0 Å². The highest BCUT2D eigenvalue weighted by Crippen LogP contribution is 2.03. The van der Waals surface area contributed by atoms with E-state index in [1.165, 1.54) is 0 Å². The third-order valence-corrected chi connectivity index (χ3v) is 1.36. The second kappa shape index (κ2) is 3.76. The average Bonchev–Trinajstić information content (AvgIpc) is 2.04.